The van der Waals surface area contributed by atoms with Crippen molar-refractivity contribution in [1.82, 2.24) is 0 Å². The lowest BCUT2D eigenvalue weighted by Crippen LogP contribution is -1.91. The van der Waals surface area contributed by atoms with Gasteiger partial charge in [-0.1, -0.05) is 30.3 Å². The van der Waals surface area contributed by atoms with E-state index in [1.54, 1.807) is 12.1 Å². The van der Waals surface area contributed by atoms with Crippen molar-refractivity contribution in [3.8, 4) is 0 Å². The van der Waals surface area contributed by atoms with E-state index < -0.39 is 9.05 Å². The molecule has 3 aromatic carbocycles. The Morgan fingerprint density at radius 3 is 1.85 bits per heavy atom. The molecular formula is C14H7Br2ClO2S. The first-order valence-corrected chi connectivity index (χ1v) is 9.53. The van der Waals surface area contributed by atoms with Crippen LogP contribution in [0.2, 0.25) is 0 Å². The Labute approximate surface area is 137 Å². The van der Waals surface area contributed by atoms with Crippen LogP contribution in [0.1, 0.15) is 0 Å². The van der Waals surface area contributed by atoms with E-state index in [-0.39, 0.29) is 4.90 Å². The maximum Gasteiger partial charge on any atom is 0.261 e. The van der Waals surface area contributed by atoms with Crippen molar-refractivity contribution < 1.29 is 8.42 Å². The van der Waals surface area contributed by atoms with Gasteiger partial charge in [-0.05, 0) is 65.5 Å². The summed E-state index contributed by atoms with van der Waals surface area (Å²) in [6.45, 7) is 0. The van der Waals surface area contributed by atoms with E-state index in [2.05, 4.69) is 31.9 Å². The molecular weight excluding hydrogens is 427 g/mol. The smallest absolute Gasteiger partial charge is 0.207 e. The topological polar surface area (TPSA) is 34.1 Å². The molecule has 2 nitrogen and oxygen atoms in total. The van der Waals surface area contributed by atoms with E-state index in [1.807, 2.05) is 24.3 Å². The molecule has 102 valence electrons. The highest BCUT2D eigenvalue weighted by Crippen LogP contribution is 2.40. The highest BCUT2D eigenvalue weighted by molar-refractivity contribution is 9.11. The quantitative estimate of drug-likeness (QED) is 0.377. The van der Waals surface area contributed by atoms with Crippen LogP contribution in [0.25, 0.3) is 21.5 Å². The maximum absolute atomic E-state index is 11.5. The van der Waals surface area contributed by atoms with Crippen LogP contribution in [0.4, 0.5) is 0 Å². The normalized spacial score (nSPS) is 12.2. The molecule has 20 heavy (non-hydrogen) atoms. The van der Waals surface area contributed by atoms with Gasteiger partial charge in [0.15, 0.2) is 0 Å². The molecule has 0 spiro atoms. The van der Waals surface area contributed by atoms with Gasteiger partial charge in [-0.25, -0.2) is 8.42 Å². The summed E-state index contributed by atoms with van der Waals surface area (Å²) in [6, 6.07) is 12.7. The van der Waals surface area contributed by atoms with Crippen molar-refractivity contribution in [2.75, 3.05) is 0 Å². The van der Waals surface area contributed by atoms with E-state index in [4.69, 9.17) is 10.7 Å². The summed E-state index contributed by atoms with van der Waals surface area (Å²) in [5.74, 6) is 0. The summed E-state index contributed by atoms with van der Waals surface area (Å²) in [6.07, 6.45) is 0. The number of rotatable bonds is 1. The fraction of sp³-hybridized carbons (Fsp3) is 0. The van der Waals surface area contributed by atoms with E-state index in [9.17, 15) is 8.42 Å². The van der Waals surface area contributed by atoms with Gasteiger partial charge < -0.3 is 0 Å². The lowest BCUT2D eigenvalue weighted by molar-refractivity contribution is 0.609. The Bertz CT molecular complexity index is 952. The number of hydrogen-bond donors (Lipinski definition) is 0. The summed E-state index contributed by atoms with van der Waals surface area (Å²) in [5, 5.41) is 3.81. The molecule has 3 rings (SSSR count). The van der Waals surface area contributed by atoms with E-state index in [1.165, 1.54) is 6.07 Å². The summed E-state index contributed by atoms with van der Waals surface area (Å²) >= 11 is 7.15. The first-order valence-electron chi connectivity index (χ1n) is 5.64. The monoisotopic (exact) mass is 432 g/mol. The van der Waals surface area contributed by atoms with Gasteiger partial charge in [0, 0.05) is 19.6 Å². The zero-order valence-corrected chi connectivity index (χ0v) is 14.6. The lowest BCUT2D eigenvalue weighted by atomic mass is 10.0. The van der Waals surface area contributed by atoms with Crippen LogP contribution in [0.15, 0.2) is 56.3 Å². The molecule has 0 radical (unpaired) electrons. The Morgan fingerprint density at radius 2 is 1.30 bits per heavy atom. The van der Waals surface area contributed by atoms with Crippen LogP contribution in [-0.4, -0.2) is 8.42 Å². The average Bonchev–Trinajstić information content (AvgIpc) is 2.43. The minimum Gasteiger partial charge on any atom is -0.207 e. The molecule has 0 aliphatic carbocycles. The molecule has 0 aliphatic heterocycles. The van der Waals surface area contributed by atoms with Gasteiger partial charge in [0.1, 0.15) is 0 Å². The van der Waals surface area contributed by atoms with Crippen LogP contribution in [0.3, 0.4) is 0 Å². The van der Waals surface area contributed by atoms with Crippen molar-refractivity contribution in [2.24, 2.45) is 0 Å². The van der Waals surface area contributed by atoms with Crippen molar-refractivity contribution in [3.05, 3.63) is 51.4 Å². The van der Waals surface area contributed by atoms with Gasteiger partial charge in [0.25, 0.3) is 9.05 Å². The van der Waals surface area contributed by atoms with Gasteiger partial charge in [-0.2, -0.15) is 0 Å². The maximum atomic E-state index is 11.5. The fourth-order valence-corrected chi connectivity index (χ4v) is 4.35. The molecule has 0 amide bonds. The minimum atomic E-state index is -3.74. The van der Waals surface area contributed by atoms with Gasteiger partial charge in [0.2, 0.25) is 0 Å². The second-order valence-corrected chi connectivity index (χ2v) is 8.47. The zero-order chi connectivity index (χ0) is 14.5. The van der Waals surface area contributed by atoms with Crippen molar-refractivity contribution in [2.45, 2.75) is 4.90 Å². The van der Waals surface area contributed by atoms with Crippen molar-refractivity contribution in [3.63, 3.8) is 0 Å². The van der Waals surface area contributed by atoms with E-state index in [0.29, 0.717) is 0 Å². The van der Waals surface area contributed by atoms with Crippen LogP contribution in [0, 0.1) is 0 Å². The summed E-state index contributed by atoms with van der Waals surface area (Å²) < 4.78 is 24.7. The second kappa shape index (κ2) is 4.98. The summed E-state index contributed by atoms with van der Waals surface area (Å²) in [7, 11) is 1.67. The second-order valence-electron chi connectivity index (χ2n) is 4.32. The predicted octanol–water partition coefficient (Wildman–Crippen LogP) is 5.45. The SMILES string of the molecule is O=S(=O)(Cl)c1ccc2c(Br)c3ccccc3c(Br)c2c1. The fourth-order valence-electron chi connectivity index (χ4n) is 2.20. The molecule has 0 atom stereocenters. The zero-order valence-electron chi connectivity index (χ0n) is 9.90. The Balaban J connectivity index is 2.53. The largest absolute Gasteiger partial charge is 0.261 e. The van der Waals surface area contributed by atoms with Gasteiger partial charge in [0.05, 0.1) is 4.90 Å². The van der Waals surface area contributed by atoms with Gasteiger partial charge >= 0.3 is 0 Å². The number of fused-ring (bicyclic) bond motifs is 2. The molecule has 0 heterocycles. The molecule has 0 aliphatic rings. The third kappa shape index (κ3) is 2.26. The first kappa shape index (κ1) is 14.3. The molecule has 0 N–H and O–H groups in total. The third-order valence-corrected chi connectivity index (χ3v) is 6.21. The van der Waals surface area contributed by atoms with E-state index >= 15 is 0 Å². The molecule has 0 aromatic heterocycles. The lowest BCUT2D eigenvalue weighted by Gasteiger charge is -2.10. The first-order chi connectivity index (χ1) is 9.39. The number of halogens is 3. The van der Waals surface area contributed by atoms with Crippen LogP contribution in [0.5, 0.6) is 0 Å². The average molecular weight is 435 g/mol. The predicted molar refractivity (Wildman–Crippen MR) is 89.9 cm³/mol. The number of hydrogen-bond acceptors (Lipinski definition) is 2. The molecule has 0 bridgehead atoms. The highest BCUT2D eigenvalue weighted by Gasteiger charge is 2.15. The minimum absolute atomic E-state index is 0.0922. The summed E-state index contributed by atoms with van der Waals surface area (Å²) in [4.78, 5) is 0.0922. The Morgan fingerprint density at radius 1 is 0.800 bits per heavy atom. The molecule has 3 aromatic rings. The van der Waals surface area contributed by atoms with E-state index in [0.717, 1.165) is 30.5 Å². The van der Waals surface area contributed by atoms with Crippen LogP contribution in [-0.2, 0) is 9.05 Å². The Hall–Kier alpha value is -0.620. The standard InChI is InChI=1S/C14H7Br2ClO2S/c15-13-9-3-1-2-4-10(9)14(16)12-7-8(20(17,18)19)5-6-11(12)13/h1-7H. The molecule has 0 unspecified atom stereocenters. The van der Waals surface area contributed by atoms with Crippen LogP contribution >= 0.6 is 42.5 Å². The Kier molecular flexibility index (Phi) is 3.57. The molecule has 0 saturated heterocycles. The van der Waals surface area contributed by atoms with Crippen LogP contribution < -0.4 is 0 Å². The van der Waals surface area contributed by atoms with Gasteiger partial charge in [-0.3, -0.25) is 0 Å². The number of benzene rings is 3. The highest BCUT2D eigenvalue weighted by atomic mass is 79.9. The van der Waals surface area contributed by atoms with Crippen molar-refractivity contribution in [1.29, 1.82) is 0 Å². The molecule has 0 saturated carbocycles. The third-order valence-electron chi connectivity index (χ3n) is 3.15. The molecule has 0 fully saturated rings. The van der Waals surface area contributed by atoms with Gasteiger partial charge in [-0.15, -0.1) is 0 Å². The molecule has 6 heteroatoms. The summed E-state index contributed by atoms with van der Waals surface area (Å²) in [5.41, 5.74) is 0. The van der Waals surface area contributed by atoms with Crippen molar-refractivity contribution >= 4 is 73.1 Å².